The van der Waals surface area contributed by atoms with Gasteiger partial charge in [0, 0.05) is 16.5 Å². The summed E-state index contributed by atoms with van der Waals surface area (Å²) in [5, 5.41) is 0. The molecule has 0 atom stereocenters. The third-order valence-corrected chi connectivity index (χ3v) is 5.24. The number of rotatable bonds is 6. The largest absolute Gasteiger partial charge is 0.483 e. The average Bonchev–Trinajstić information content (AvgIpc) is 3.15. The predicted octanol–water partition coefficient (Wildman–Crippen LogP) is 4.42. The maximum absolute atomic E-state index is 12.0. The highest BCUT2D eigenvalue weighted by atomic mass is 79.9. The molecule has 2 amide bonds. The standard InChI is InChI=1S/C21H17BrN2O3S/c22-19-12-10-16(28-19)11-13-20(25)23-24-21(26)14-27-18-9-5-4-8-17(18)15-6-2-1-3-7-15/h1-13H,14H2,(H,23,25)(H,24,26)/b13-11+. The number of nitrogens with one attached hydrogen (secondary N) is 2. The number of halogens is 1. The van der Waals surface area contributed by atoms with Crippen LogP contribution in [0.1, 0.15) is 4.88 Å². The molecular weight excluding hydrogens is 440 g/mol. The van der Waals surface area contributed by atoms with Gasteiger partial charge >= 0.3 is 0 Å². The Morgan fingerprint density at radius 2 is 1.71 bits per heavy atom. The van der Waals surface area contributed by atoms with E-state index in [1.807, 2.05) is 60.7 Å². The lowest BCUT2D eigenvalue weighted by Crippen LogP contribution is -2.43. The molecule has 0 aliphatic carbocycles. The molecule has 0 aliphatic rings. The Labute approximate surface area is 175 Å². The van der Waals surface area contributed by atoms with E-state index in [9.17, 15) is 9.59 Å². The van der Waals surface area contributed by atoms with Crippen LogP contribution in [0, 0.1) is 0 Å². The highest BCUT2D eigenvalue weighted by Gasteiger charge is 2.08. The molecule has 0 bridgehead atoms. The summed E-state index contributed by atoms with van der Waals surface area (Å²) in [4.78, 5) is 24.7. The monoisotopic (exact) mass is 456 g/mol. The summed E-state index contributed by atoms with van der Waals surface area (Å²) in [6.07, 6.45) is 3.02. The van der Waals surface area contributed by atoms with Crippen molar-refractivity contribution in [3.05, 3.63) is 81.5 Å². The zero-order chi connectivity index (χ0) is 19.8. The van der Waals surface area contributed by atoms with Crippen molar-refractivity contribution in [2.24, 2.45) is 0 Å². The minimum Gasteiger partial charge on any atom is -0.483 e. The van der Waals surface area contributed by atoms with Gasteiger partial charge in [0.05, 0.1) is 3.79 Å². The van der Waals surface area contributed by atoms with Gasteiger partial charge in [-0.2, -0.15) is 0 Å². The normalized spacial score (nSPS) is 10.6. The molecule has 2 aromatic carbocycles. The van der Waals surface area contributed by atoms with Crippen LogP contribution in [-0.4, -0.2) is 18.4 Å². The smallest absolute Gasteiger partial charge is 0.276 e. The van der Waals surface area contributed by atoms with E-state index in [0.29, 0.717) is 5.75 Å². The fraction of sp³-hybridized carbons (Fsp3) is 0.0476. The number of ether oxygens (including phenoxy) is 1. The minimum absolute atomic E-state index is 0.217. The lowest BCUT2D eigenvalue weighted by Gasteiger charge is -2.11. The molecule has 3 rings (SSSR count). The molecule has 1 aromatic heterocycles. The average molecular weight is 457 g/mol. The summed E-state index contributed by atoms with van der Waals surface area (Å²) in [7, 11) is 0. The lowest BCUT2D eigenvalue weighted by molar-refractivity contribution is -0.128. The van der Waals surface area contributed by atoms with E-state index in [0.717, 1.165) is 19.8 Å². The zero-order valence-corrected chi connectivity index (χ0v) is 17.1. The minimum atomic E-state index is -0.455. The van der Waals surface area contributed by atoms with Crippen molar-refractivity contribution in [2.45, 2.75) is 0 Å². The molecule has 7 heteroatoms. The quantitative estimate of drug-likeness (QED) is 0.426. The van der Waals surface area contributed by atoms with Crippen LogP contribution < -0.4 is 15.6 Å². The Kier molecular flexibility index (Phi) is 7.00. The number of amides is 2. The predicted molar refractivity (Wildman–Crippen MR) is 115 cm³/mol. The van der Waals surface area contributed by atoms with Crippen LogP contribution in [0.25, 0.3) is 17.2 Å². The Balaban J connectivity index is 1.50. The second-order valence-corrected chi connectivity index (χ2v) is 8.16. The Morgan fingerprint density at radius 1 is 0.964 bits per heavy atom. The van der Waals surface area contributed by atoms with Crippen LogP contribution in [-0.2, 0) is 9.59 Å². The maximum Gasteiger partial charge on any atom is 0.276 e. The van der Waals surface area contributed by atoms with Crippen molar-refractivity contribution in [2.75, 3.05) is 6.61 Å². The molecule has 0 saturated carbocycles. The van der Waals surface area contributed by atoms with Crippen molar-refractivity contribution >= 4 is 45.2 Å². The van der Waals surface area contributed by atoms with Gasteiger partial charge in [-0.25, -0.2) is 0 Å². The van der Waals surface area contributed by atoms with Crippen molar-refractivity contribution < 1.29 is 14.3 Å². The lowest BCUT2D eigenvalue weighted by atomic mass is 10.1. The number of hydrogen-bond acceptors (Lipinski definition) is 4. The van der Waals surface area contributed by atoms with Crippen molar-refractivity contribution in [3.8, 4) is 16.9 Å². The molecule has 0 radical (unpaired) electrons. The van der Waals surface area contributed by atoms with E-state index in [1.165, 1.54) is 17.4 Å². The summed E-state index contributed by atoms with van der Waals surface area (Å²) in [6, 6.07) is 21.0. The van der Waals surface area contributed by atoms with Crippen LogP contribution in [0.5, 0.6) is 5.75 Å². The molecule has 0 fully saturated rings. The van der Waals surface area contributed by atoms with Crippen molar-refractivity contribution in [1.82, 2.24) is 10.9 Å². The van der Waals surface area contributed by atoms with Crippen LogP contribution in [0.3, 0.4) is 0 Å². The summed E-state index contributed by atoms with van der Waals surface area (Å²) in [5.41, 5.74) is 6.55. The maximum atomic E-state index is 12.0. The van der Waals surface area contributed by atoms with E-state index < -0.39 is 11.8 Å². The Hall–Kier alpha value is -2.90. The van der Waals surface area contributed by atoms with Gasteiger partial charge in [0.15, 0.2) is 6.61 Å². The van der Waals surface area contributed by atoms with E-state index in [4.69, 9.17) is 4.74 Å². The molecule has 5 nitrogen and oxygen atoms in total. The van der Waals surface area contributed by atoms with Gasteiger partial charge in [-0.1, -0.05) is 48.5 Å². The summed E-state index contributed by atoms with van der Waals surface area (Å²) in [5.74, 6) is -0.288. The SMILES string of the molecule is O=C(/C=C/c1ccc(Br)s1)NNC(=O)COc1ccccc1-c1ccccc1. The molecule has 3 aromatic rings. The van der Waals surface area contributed by atoms with E-state index in [2.05, 4.69) is 26.8 Å². The van der Waals surface area contributed by atoms with Crippen LogP contribution in [0.15, 0.2) is 76.6 Å². The number of para-hydroxylation sites is 1. The Bertz CT molecular complexity index is 986. The molecule has 2 N–H and O–H groups in total. The number of thiophene rings is 1. The summed E-state index contributed by atoms with van der Waals surface area (Å²) >= 11 is 4.86. The molecule has 1 heterocycles. The number of benzene rings is 2. The number of carbonyl (C=O) groups excluding carboxylic acids is 2. The second-order valence-electron chi connectivity index (χ2n) is 5.66. The molecule has 0 aliphatic heterocycles. The summed E-state index contributed by atoms with van der Waals surface area (Å²) in [6.45, 7) is -0.217. The first-order chi connectivity index (χ1) is 13.6. The first-order valence-corrected chi connectivity index (χ1v) is 10.0. The molecule has 0 unspecified atom stereocenters. The molecule has 0 spiro atoms. The summed E-state index contributed by atoms with van der Waals surface area (Å²) < 4.78 is 6.61. The van der Waals surface area contributed by atoms with Crippen LogP contribution in [0.2, 0.25) is 0 Å². The third-order valence-electron chi connectivity index (χ3n) is 3.65. The van der Waals surface area contributed by atoms with Gasteiger partial charge in [-0.15, -0.1) is 11.3 Å². The topological polar surface area (TPSA) is 67.4 Å². The molecule has 28 heavy (non-hydrogen) atoms. The van der Waals surface area contributed by atoms with Crippen molar-refractivity contribution in [1.29, 1.82) is 0 Å². The highest BCUT2D eigenvalue weighted by Crippen LogP contribution is 2.29. The number of carbonyl (C=O) groups is 2. The van der Waals surface area contributed by atoms with Crippen molar-refractivity contribution in [3.63, 3.8) is 0 Å². The number of hydrogen-bond donors (Lipinski definition) is 2. The van der Waals surface area contributed by atoms with Crippen LogP contribution >= 0.6 is 27.3 Å². The van der Waals surface area contributed by atoms with Gasteiger partial charge in [-0.05, 0) is 45.8 Å². The zero-order valence-electron chi connectivity index (χ0n) is 14.7. The van der Waals surface area contributed by atoms with E-state index in [1.54, 1.807) is 12.1 Å². The fourth-order valence-corrected chi connectivity index (χ4v) is 3.70. The van der Waals surface area contributed by atoms with E-state index in [-0.39, 0.29) is 6.61 Å². The second kappa shape index (κ2) is 9.87. The van der Waals surface area contributed by atoms with Gasteiger partial charge in [0.25, 0.3) is 11.8 Å². The highest BCUT2D eigenvalue weighted by molar-refractivity contribution is 9.11. The fourth-order valence-electron chi connectivity index (χ4n) is 2.38. The molecule has 142 valence electrons. The Morgan fingerprint density at radius 3 is 2.46 bits per heavy atom. The first kappa shape index (κ1) is 19.9. The van der Waals surface area contributed by atoms with E-state index >= 15 is 0 Å². The van der Waals surface area contributed by atoms with Gasteiger partial charge in [0.2, 0.25) is 0 Å². The van der Waals surface area contributed by atoms with Gasteiger partial charge in [-0.3, -0.25) is 20.4 Å². The molecule has 0 saturated heterocycles. The molecular formula is C21H17BrN2O3S. The first-order valence-electron chi connectivity index (χ1n) is 8.41. The van der Waals surface area contributed by atoms with Crippen LogP contribution in [0.4, 0.5) is 0 Å². The third kappa shape index (κ3) is 5.80. The number of hydrazine groups is 1. The van der Waals surface area contributed by atoms with Gasteiger partial charge < -0.3 is 4.74 Å². The van der Waals surface area contributed by atoms with Gasteiger partial charge in [0.1, 0.15) is 5.75 Å².